The van der Waals surface area contributed by atoms with Crippen molar-refractivity contribution < 1.29 is 14.3 Å². The van der Waals surface area contributed by atoms with E-state index in [0.717, 1.165) is 18.7 Å². The van der Waals surface area contributed by atoms with E-state index in [1.165, 1.54) is 7.11 Å². The van der Waals surface area contributed by atoms with Gasteiger partial charge < -0.3 is 19.7 Å². The number of carbonyl (C=O) groups excluding carboxylic acids is 1. The molecule has 3 atom stereocenters. The van der Waals surface area contributed by atoms with E-state index < -0.39 is 6.10 Å². The SMILES string of the molecule is CO[C@H](C)C(=O)N[C@@H](c1ccc(Cl)cc1)[C@@H]1CN(C)CCO1. The van der Waals surface area contributed by atoms with Crippen molar-refractivity contribution in [3.63, 3.8) is 0 Å². The normalized spacial score (nSPS) is 22.1. The summed E-state index contributed by atoms with van der Waals surface area (Å²) in [6.45, 7) is 4.03. The Bertz CT molecular complexity index is 495. The van der Waals surface area contributed by atoms with Crippen LogP contribution in [0.1, 0.15) is 18.5 Å². The van der Waals surface area contributed by atoms with Gasteiger partial charge in [0.25, 0.3) is 0 Å². The van der Waals surface area contributed by atoms with Gasteiger partial charge in [0.05, 0.1) is 18.8 Å². The number of ether oxygens (including phenoxy) is 2. The lowest BCUT2D eigenvalue weighted by Crippen LogP contribution is -2.49. The van der Waals surface area contributed by atoms with Gasteiger partial charge in [-0.25, -0.2) is 0 Å². The molecule has 0 spiro atoms. The van der Waals surface area contributed by atoms with Crippen molar-refractivity contribution >= 4 is 17.5 Å². The Morgan fingerprint density at radius 1 is 1.45 bits per heavy atom. The number of methoxy groups -OCH3 is 1. The van der Waals surface area contributed by atoms with Gasteiger partial charge in [-0.3, -0.25) is 4.79 Å². The highest BCUT2D eigenvalue weighted by Gasteiger charge is 2.30. The number of likely N-dealkylation sites (N-methyl/N-ethyl adjacent to an activating group) is 1. The van der Waals surface area contributed by atoms with Crippen molar-refractivity contribution in [2.45, 2.75) is 25.2 Å². The van der Waals surface area contributed by atoms with E-state index in [9.17, 15) is 4.79 Å². The molecule has 6 heteroatoms. The van der Waals surface area contributed by atoms with Crippen molar-refractivity contribution in [3.8, 4) is 0 Å². The molecular formula is C16H23ClN2O3. The summed E-state index contributed by atoms with van der Waals surface area (Å²) in [6, 6.07) is 7.25. The fourth-order valence-corrected chi connectivity index (χ4v) is 2.58. The maximum absolute atomic E-state index is 12.2. The van der Waals surface area contributed by atoms with Gasteiger partial charge in [0.2, 0.25) is 5.91 Å². The van der Waals surface area contributed by atoms with Crippen molar-refractivity contribution in [1.29, 1.82) is 0 Å². The van der Waals surface area contributed by atoms with Gasteiger partial charge in [-0.1, -0.05) is 23.7 Å². The molecule has 1 aromatic carbocycles. The molecule has 1 fully saturated rings. The van der Waals surface area contributed by atoms with Crippen LogP contribution >= 0.6 is 11.6 Å². The lowest BCUT2D eigenvalue weighted by Gasteiger charge is -2.36. The van der Waals surface area contributed by atoms with Gasteiger partial charge >= 0.3 is 0 Å². The van der Waals surface area contributed by atoms with Gasteiger partial charge in [-0.15, -0.1) is 0 Å². The first-order valence-corrected chi connectivity index (χ1v) is 7.78. The summed E-state index contributed by atoms with van der Waals surface area (Å²) in [6.07, 6.45) is -0.607. The van der Waals surface area contributed by atoms with Crippen LogP contribution in [-0.2, 0) is 14.3 Å². The van der Waals surface area contributed by atoms with E-state index in [-0.39, 0.29) is 18.1 Å². The second-order valence-electron chi connectivity index (χ2n) is 5.59. The molecule has 22 heavy (non-hydrogen) atoms. The van der Waals surface area contributed by atoms with E-state index in [0.29, 0.717) is 11.6 Å². The smallest absolute Gasteiger partial charge is 0.249 e. The highest BCUT2D eigenvalue weighted by Crippen LogP contribution is 2.24. The summed E-state index contributed by atoms with van der Waals surface area (Å²) in [5.74, 6) is -0.153. The predicted molar refractivity (Wildman–Crippen MR) is 86.0 cm³/mol. The third-order valence-electron chi connectivity index (χ3n) is 3.92. The van der Waals surface area contributed by atoms with Gasteiger partial charge in [0, 0.05) is 25.2 Å². The minimum Gasteiger partial charge on any atom is -0.373 e. The van der Waals surface area contributed by atoms with Gasteiger partial charge in [0.1, 0.15) is 6.10 Å². The molecule has 0 bridgehead atoms. The number of amides is 1. The zero-order valence-corrected chi connectivity index (χ0v) is 14.0. The van der Waals surface area contributed by atoms with E-state index in [1.54, 1.807) is 6.92 Å². The van der Waals surface area contributed by atoms with E-state index in [2.05, 4.69) is 10.2 Å². The Balaban J connectivity index is 2.19. The minimum atomic E-state index is -0.504. The molecule has 0 aliphatic carbocycles. The topological polar surface area (TPSA) is 50.8 Å². The van der Waals surface area contributed by atoms with Crippen LogP contribution < -0.4 is 5.32 Å². The van der Waals surface area contributed by atoms with Crippen molar-refractivity contribution in [2.24, 2.45) is 0 Å². The zero-order valence-electron chi connectivity index (χ0n) is 13.2. The molecule has 0 saturated carbocycles. The van der Waals surface area contributed by atoms with E-state index in [4.69, 9.17) is 21.1 Å². The van der Waals surface area contributed by atoms with Crippen LogP contribution in [0.15, 0.2) is 24.3 Å². The molecule has 0 radical (unpaired) electrons. The predicted octanol–water partition coefficient (Wildman–Crippen LogP) is 1.86. The Kier molecular flexibility index (Phi) is 6.20. The van der Waals surface area contributed by atoms with Crippen LogP contribution in [0.2, 0.25) is 5.02 Å². The largest absolute Gasteiger partial charge is 0.373 e. The quantitative estimate of drug-likeness (QED) is 0.897. The number of nitrogens with one attached hydrogen (secondary N) is 1. The first kappa shape index (κ1) is 17.2. The molecule has 1 aliphatic rings. The summed E-state index contributed by atoms with van der Waals surface area (Å²) in [5, 5.41) is 3.70. The Labute approximate surface area is 136 Å². The lowest BCUT2D eigenvalue weighted by atomic mass is 9.99. The molecule has 5 nitrogen and oxygen atoms in total. The van der Waals surface area contributed by atoms with Gasteiger partial charge in [0.15, 0.2) is 0 Å². The third-order valence-corrected chi connectivity index (χ3v) is 4.17. The fourth-order valence-electron chi connectivity index (χ4n) is 2.45. The number of halogens is 1. The highest BCUT2D eigenvalue weighted by molar-refractivity contribution is 6.30. The summed E-state index contributed by atoms with van der Waals surface area (Å²) in [4.78, 5) is 14.4. The Hall–Kier alpha value is -1.14. The summed E-state index contributed by atoms with van der Waals surface area (Å²) in [5.41, 5.74) is 0.973. The third kappa shape index (κ3) is 4.43. The molecule has 0 aromatic heterocycles. The number of benzene rings is 1. The van der Waals surface area contributed by atoms with Crippen LogP contribution in [0, 0.1) is 0 Å². The van der Waals surface area contributed by atoms with Crippen LogP contribution in [-0.4, -0.2) is 56.9 Å². The Morgan fingerprint density at radius 3 is 2.73 bits per heavy atom. The number of hydrogen-bond donors (Lipinski definition) is 1. The number of carbonyl (C=O) groups is 1. The van der Waals surface area contributed by atoms with Crippen molar-refractivity contribution in [3.05, 3.63) is 34.9 Å². The second kappa shape index (κ2) is 7.92. The number of hydrogen-bond acceptors (Lipinski definition) is 4. The minimum absolute atomic E-state index is 0.104. The second-order valence-corrected chi connectivity index (χ2v) is 6.02. The lowest BCUT2D eigenvalue weighted by molar-refractivity contribution is -0.133. The average molecular weight is 327 g/mol. The molecule has 1 amide bonds. The van der Waals surface area contributed by atoms with Gasteiger partial charge in [-0.2, -0.15) is 0 Å². The monoisotopic (exact) mass is 326 g/mol. The molecule has 1 aromatic rings. The molecule has 122 valence electrons. The molecule has 0 unspecified atom stereocenters. The summed E-state index contributed by atoms with van der Waals surface area (Å²) < 4.78 is 11.0. The van der Waals surface area contributed by atoms with Crippen LogP contribution in [0.5, 0.6) is 0 Å². The average Bonchev–Trinajstić information content (AvgIpc) is 2.52. The number of morpholine rings is 1. The van der Waals surface area contributed by atoms with E-state index >= 15 is 0 Å². The maximum Gasteiger partial charge on any atom is 0.249 e. The van der Waals surface area contributed by atoms with Crippen LogP contribution in [0.25, 0.3) is 0 Å². The first-order valence-electron chi connectivity index (χ1n) is 7.40. The molecular weight excluding hydrogens is 304 g/mol. The van der Waals surface area contributed by atoms with Crippen LogP contribution in [0.4, 0.5) is 0 Å². The van der Waals surface area contributed by atoms with Crippen molar-refractivity contribution in [2.75, 3.05) is 33.9 Å². The molecule has 2 rings (SSSR count). The highest BCUT2D eigenvalue weighted by atomic mass is 35.5. The summed E-state index contributed by atoms with van der Waals surface area (Å²) in [7, 11) is 3.57. The van der Waals surface area contributed by atoms with Crippen molar-refractivity contribution in [1.82, 2.24) is 10.2 Å². The maximum atomic E-state index is 12.2. The Morgan fingerprint density at radius 2 is 2.14 bits per heavy atom. The zero-order chi connectivity index (χ0) is 16.1. The number of rotatable bonds is 5. The summed E-state index contributed by atoms with van der Waals surface area (Å²) >= 11 is 5.96. The molecule has 1 aliphatic heterocycles. The van der Waals surface area contributed by atoms with Gasteiger partial charge in [-0.05, 0) is 31.7 Å². The van der Waals surface area contributed by atoms with E-state index in [1.807, 2.05) is 31.3 Å². The van der Waals surface area contributed by atoms with Crippen LogP contribution in [0.3, 0.4) is 0 Å². The first-order chi connectivity index (χ1) is 10.5. The standard InChI is InChI=1S/C16H23ClN2O3/c1-11(21-3)16(20)18-15(12-4-6-13(17)7-5-12)14-10-19(2)8-9-22-14/h4-7,11,14-15H,8-10H2,1-3H3,(H,18,20)/t11-,14+,15+/m1/s1. The number of nitrogens with zero attached hydrogens (tertiary/aromatic N) is 1. The molecule has 1 heterocycles. The molecule has 1 N–H and O–H groups in total. The molecule has 1 saturated heterocycles. The fraction of sp³-hybridized carbons (Fsp3) is 0.562.